The summed E-state index contributed by atoms with van der Waals surface area (Å²) >= 11 is 0. The fourth-order valence-corrected chi connectivity index (χ4v) is 24.1. The maximum atomic E-state index is 2.55. The number of para-hydroxylation sites is 6. The van der Waals surface area contributed by atoms with Crippen LogP contribution in [0.2, 0.25) is 0 Å². The molecule has 130 heavy (non-hydrogen) atoms. The van der Waals surface area contributed by atoms with E-state index in [1.54, 1.807) is 0 Å². The summed E-state index contributed by atoms with van der Waals surface area (Å²) in [4.78, 5) is 10.1. The average Bonchev–Trinajstić information content (AvgIpc) is 0.718. The van der Waals surface area contributed by atoms with Gasteiger partial charge < -0.3 is 19.6 Å². The van der Waals surface area contributed by atoms with E-state index in [4.69, 9.17) is 0 Å². The average molecular weight is 1660 g/mol. The van der Waals surface area contributed by atoms with Gasteiger partial charge in [-0.3, -0.25) is 0 Å². The molecule has 0 saturated heterocycles. The summed E-state index contributed by atoms with van der Waals surface area (Å²) in [6.07, 6.45) is 0. The second kappa shape index (κ2) is 30.4. The van der Waals surface area contributed by atoms with Gasteiger partial charge in [0.2, 0.25) is 26.9 Å². The van der Waals surface area contributed by atoms with Crippen LogP contribution in [0.1, 0.15) is 83.3 Å². The van der Waals surface area contributed by atoms with E-state index in [0.717, 1.165) is 34.0 Å². The SMILES string of the molecule is Cc1cc(N2c3ccccc3C(C)(C)c3cc(-c4ccccc4)ccc32)cc(C)c1B1c2ccccc2B(c2c(C)cc(N3c4ccccc4C(C)(C)c4cc(-c5cccc(-c6ccc(N7c8ccccc8N(c8ccc(C)c(B9c%10ccccc%10B(c%10c%11ccccc%11cc%11ccccc%10%11)c%10ccccc%109)c8C)c8ccccc87)cc6)c5)ccc43)cc2C)c2ccccc21. The molecule has 5 aliphatic rings. The molecule has 5 aliphatic heterocycles. The van der Waals surface area contributed by atoms with E-state index in [1.807, 2.05) is 0 Å². The van der Waals surface area contributed by atoms with Crippen LogP contribution < -0.4 is 85.2 Å². The number of anilines is 12. The van der Waals surface area contributed by atoms with Crippen LogP contribution in [-0.2, 0) is 10.8 Å². The zero-order valence-electron chi connectivity index (χ0n) is 75.2. The Morgan fingerprint density at radius 3 is 0.923 bits per heavy atom. The molecule has 0 saturated carbocycles. The Hall–Kier alpha value is -14.8. The van der Waals surface area contributed by atoms with Gasteiger partial charge in [-0.15, -0.1) is 0 Å². The number of hydrogen-bond acceptors (Lipinski definition) is 4. The van der Waals surface area contributed by atoms with Crippen LogP contribution in [0.3, 0.4) is 0 Å². The zero-order valence-corrected chi connectivity index (χ0v) is 75.2. The quantitative estimate of drug-likeness (QED) is 0.0945. The summed E-state index contributed by atoms with van der Waals surface area (Å²) in [6.45, 7) is 23.8. The third-order valence-corrected chi connectivity index (χ3v) is 30.0. The monoisotopic (exact) mass is 1660 g/mol. The maximum Gasteiger partial charge on any atom is 0.241 e. The first-order valence-corrected chi connectivity index (χ1v) is 46.2. The molecule has 0 amide bonds. The molecular formula is C122H96B4N4. The molecule has 19 aromatic rings. The lowest BCUT2D eigenvalue weighted by atomic mass is 9.20. The van der Waals surface area contributed by atoms with Crippen molar-refractivity contribution in [3.05, 3.63) is 456 Å². The second-order valence-electron chi connectivity index (χ2n) is 38.0. The molecule has 0 spiro atoms. The van der Waals surface area contributed by atoms with E-state index in [1.165, 1.54) is 210 Å². The van der Waals surface area contributed by atoms with Crippen molar-refractivity contribution >= 4 is 182 Å². The predicted molar refractivity (Wildman–Crippen MR) is 560 cm³/mol. The summed E-state index contributed by atoms with van der Waals surface area (Å²) in [5, 5.41) is 5.15. The van der Waals surface area contributed by atoms with Gasteiger partial charge >= 0.3 is 0 Å². The lowest BCUT2D eigenvalue weighted by Crippen LogP contribution is -2.75. The van der Waals surface area contributed by atoms with Crippen LogP contribution in [0.4, 0.5) is 68.2 Å². The Kier molecular flexibility index (Phi) is 18.4. The van der Waals surface area contributed by atoms with Gasteiger partial charge in [0.15, 0.2) is 0 Å². The summed E-state index contributed by atoms with van der Waals surface area (Å²) in [5.41, 5.74) is 50.0. The summed E-state index contributed by atoms with van der Waals surface area (Å²) in [6, 6.07) is 152. The Morgan fingerprint density at radius 2 is 0.485 bits per heavy atom. The topological polar surface area (TPSA) is 13.0 Å². The van der Waals surface area contributed by atoms with Gasteiger partial charge in [0.1, 0.15) is 0 Å². The molecule has 0 atom stereocenters. The summed E-state index contributed by atoms with van der Waals surface area (Å²) in [5.74, 6) is 0. The van der Waals surface area contributed by atoms with Crippen LogP contribution in [0.25, 0.3) is 54.9 Å². The van der Waals surface area contributed by atoms with Crippen LogP contribution in [-0.4, -0.2) is 26.9 Å². The summed E-state index contributed by atoms with van der Waals surface area (Å²) < 4.78 is 0. The van der Waals surface area contributed by atoms with Crippen LogP contribution in [0.15, 0.2) is 400 Å². The first kappa shape index (κ1) is 78.6. The van der Waals surface area contributed by atoms with Crippen molar-refractivity contribution in [2.75, 3.05) is 19.6 Å². The minimum Gasteiger partial charge on any atom is -0.310 e. The molecule has 0 fully saturated rings. The van der Waals surface area contributed by atoms with Gasteiger partial charge in [0.05, 0.1) is 45.5 Å². The highest BCUT2D eigenvalue weighted by Gasteiger charge is 2.46. The van der Waals surface area contributed by atoms with E-state index in [2.05, 4.69) is 489 Å². The molecule has 0 N–H and O–H groups in total. The standard InChI is InChI=1S/C122H96B4N4/c1-77-59-66-108(82(6)119(77)125-104-49-24-26-51-106(104)126(107-52-27-25-50-105(107)125)120-94-41-16-14-37-89(94)74-90-38-15-17-42-95(90)120)130-115-57-32-30-55-113(115)127(114-56-31-33-58-116(114)130)91-64-60-84(61-65-91)85-39-34-40-86(73-85)88-63-68-112-99(76-88)122(9,10)97-44-19-29-54-110(97)129(112)93-71-80(4)118(81(5)72-93)124-102-47-22-20-45-100(102)123(101-46-21-23-48-103(101)124)117-78(2)69-92(70-79(117)3)128-109-53-28-18-43-96(109)121(7,8)98-75-87(62-67-111(98)128)83-35-12-11-13-36-83/h11-76H,1-10H3. The van der Waals surface area contributed by atoms with E-state index in [-0.39, 0.29) is 37.7 Å². The fourth-order valence-electron chi connectivity index (χ4n) is 24.1. The van der Waals surface area contributed by atoms with Gasteiger partial charge in [0, 0.05) is 33.6 Å². The Labute approximate surface area is 765 Å². The highest BCUT2D eigenvalue weighted by atomic mass is 15.3. The first-order valence-electron chi connectivity index (χ1n) is 46.2. The lowest BCUT2D eigenvalue weighted by molar-refractivity contribution is 0.632. The number of benzene rings is 19. The molecule has 0 aliphatic carbocycles. The van der Waals surface area contributed by atoms with E-state index in [0.29, 0.717) is 0 Å². The number of rotatable bonds is 11. The molecular weight excluding hydrogens is 1560 g/mol. The highest BCUT2D eigenvalue weighted by molar-refractivity contribution is 7.13. The Bertz CT molecular complexity index is 7660. The first-order chi connectivity index (χ1) is 63.5. The Balaban J connectivity index is 0.534. The molecule has 616 valence electrons. The van der Waals surface area contributed by atoms with Crippen LogP contribution in [0, 0.1) is 41.5 Å². The molecule has 8 heteroatoms. The summed E-state index contributed by atoms with van der Waals surface area (Å²) in [7, 11) is 0. The van der Waals surface area contributed by atoms with Crippen LogP contribution in [0.5, 0.6) is 0 Å². The van der Waals surface area contributed by atoms with Crippen molar-refractivity contribution in [3.63, 3.8) is 0 Å². The maximum absolute atomic E-state index is 2.55. The van der Waals surface area contributed by atoms with Crippen molar-refractivity contribution in [3.8, 4) is 33.4 Å². The third kappa shape index (κ3) is 12.2. The van der Waals surface area contributed by atoms with Crippen molar-refractivity contribution in [1.29, 1.82) is 0 Å². The number of hydrogen-bond donors (Lipinski definition) is 0. The Morgan fingerprint density at radius 1 is 0.185 bits per heavy atom. The zero-order chi connectivity index (χ0) is 87.7. The number of aryl methyl sites for hydroxylation is 5. The predicted octanol–water partition coefficient (Wildman–Crippen LogP) is 23.0. The number of nitrogens with zero attached hydrogens (tertiary/aromatic N) is 4. The van der Waals surface area contributed by atoms with E-state index in [9.17, 15) is 0 Å². The molecule has 0 bridgehead atoms. The molecule has 0 unspecified atom stereocenters. The van der Waals surface area contributed by atoms with Gasteiger partial charge in [-0.05, 0) is 240 Å². The third-order valence-electron chi connectivity index (χ3n) is 30.0. The smallest absolute Gasteiger partial charge is 0.241 e. The van der Waals surface area contributed by atoms with Gasteiger partial charge in [-0.1, -0.05) is 406 Å². The molecule has 4 nitrogen and oxygen atoms in total. The normalized spacial score (nSPS) is 14.1. The minimum absolute atomic E-state index is 0.000887. The van der Waals surface area contributed by atoms with Crippen molar-refractivity contribution in [2.24, 2.45) is 0 Å². The highest BCUT2D eigenvalue weighted by Crippen LogP contribution is 2.58. The largest absolute Gasteiger partial charge is 0.310 e. The van der Waals surface area contributed by atoms with Crippen molar-refractivity contribution < 1.29 is 0 Å². The molecule has 5 heterocycles. The molecule has 24 rings (SSSR count). The van der Waals surface area contributed by atoms with Gasteiger partial charge in [-0.2, -0.15) is 0 Å². The van der Waals surface area contributed by atoms with Crippen molar-refractivity contribution in [1.82, 2.24) is 0 Å². The van der Waals surface area contributed by atoms with Gasteiger partial charge in [0.25, 0.3) is 0 Å². The molecule has 0 aromatic heterocycles. The fraction of sp³-hybridized carbons (Fsp3) is 0.0984. The van der Waals surface area contributed by atoms with E-state index >= 15 is 0 Å². The number of fused-ring (bicyclic) bond motifs is 12. The van der Waals surface area contributed by atoms with Gasteiger partial charge in [-0.25, -0.2) is 0 Å². The lowest BCUT2D eigenvalue weighted by Gasteiger charge is -2.43. The molecule has 19 aromatic carbocycles. The minimum atomic E-state index is -0.312. The van der Waals surface area contributed by atoms with Crippen LogP contribution >= 0.6 is 0 Å². The van der Waals surface area contributed by atoms with E-state index < -0.39 is 0 Å². The second-order valence-corrected chi connectivity index (χ2v) is 38.0. The van der Waals surface area contributed by atoms with Crippen molar-refractivity contribution in [2.45, 2.75) is 80.1 Å². The molecule has 0 radical (unpaired) electrons.